The Morgan fingerprint density at radius 1 is 0.833 bits per heavy atom. The Hall–Kier alpha value is -1.17. The Balaban J connectivity index is 3.08. The van der Waals surface area contributed by atoms with Gasteiger partial charge in [-0.3, -0.25) is 0 Å². The SMILES string of the molecule is CCCCCC(N)c1c(F)c(F)c(F)c(F)c1F. The number of rotatable bonds is 5. The quantitative estimate of drug-likeness (QED) is 0.371. The maximum Gasteiger partial charge on any atom is 0.200 e. The second kappa shape index (κ2) is 6.13. The van der Waals surface area contributed by atoms with Gasteiger partial charge in [0.05, 0.1) is 0 Å². The Bertz CT molecular complexity index is 404. The minimum atomic E-state index is -2.16. The summed E-state index contributed by atoms with van der Waals surface area (Å²) in [6.07, 6.45) is 2.39. The van der Waals surface area contributed by atoms with E-state index in [1.807, 2.05) is 6.92 Å². The first-order valence-electron chi connectivity index (χ1n) is 5.68. The first-order valence-corrected chi connectivity index (χ1v) is 5.68. The summed E-state index contributed by atoms with van der Waals surface area (Å²) in [7, 11) is 0. The molecule has 0 amide bonds. The summed E-state index contributed by atoms with van der Waals surface area (Å²) in [4.78, 5) is 0. The van der Waals surface area contributed by atoms with Gasteiger partial charge in [-0.25, -0.2) is 22.0 Å². The molecule has 2 N–H and O–H groups in total. The van der Waals surface area contributed by atoms with Gasteiger partial charge in [-0.15, -0.1) is 0 Å². The normalized spacial score (nSPS) is 12.8. The van der Waals surface area contributed by atoms with Gasteiger partial charge in [-0.05, 0) is 6.42 Å². The summed E-state index contributed by atoms with van der Waals surface area (Å²) < 4.78 is 65.4. The average molecular weight is 267 g/mol. The van der Waals surface area contributed by atoms with Crippen molar-refractivity contribution in [2.45, 2.75) is 38.6 Å². The first kappa shape index (κ1) is 14.9. The number of halogens is 5. The van der Waals surface area contributed by atoms with Crippen LogP contribution in [0, 0.1) is 29.1 Å². The molecule has 1 aromatic rings. The Morgan fingerprint density at radius 2 is 1.28 bits per heavy atom. The summed E-state index contributed by atoms with van der Waals surface area (Å²) in [5.41, 5.74) is 4.56. The van der Waals surface area contributed by atoms with Crippen LogP contribution in [0.5, 0.6) is 0 Å². The molecule has 1 unspecified atom stereocenters. The third-order valence-electron chi connectivity index (χ3n) is 2.73. The highest BCUT2D eigenvalue weighted by atomic mass is 19.2. The predicted molar refractivity (Wildman–Crippen MR) is 57.3 cm³/mol. The second-order valence-corrected chi connectivity index (χ2v) is 4.09. The van der Waals surface area contributed by atoms with E-state index in [9.17, 15) is 22.0 Å². The van der Waals surface area contributed by atoms with Crippen molar-refractivity contribution in [2.24, 2.45) is 5.73 Å². The lowest BCUT2D eigenvalue weighted by atomic mass is 9.99. The van der Waals surface area contributed by atoms with Crippen LogP contribution in [-0.4, -0.2) is 0 Å². The highest BCUT2D eigenvalue weighted by molar-refractivity contribution is 5.26. The molecule has 0 aliphatic heterocycles. The smallest absolute Gasteiger partial charge is 0.200 e. The van der Waals surface area contributed by atoms with Crippen LogP contribution < -0.4 is 5.73 Å². The van der Waals surface area contributed by atoms with Gasteiger partial charge in [0.15, 0.2) is 23.3 Å². The predicted octanol–water partition coefficient (Wildman–Crippen LogP) is 3.96. The van der Waals surface area contributed by atoms with Crippen molar-refractivity contribution >= 4 is 0 Å². The van der Waals surface area contributed by atoms with Crippen molar-refractivity contribution in [3.05, 3.63) is 34.6 Å². The molecule has 18 heavy (non-hydrogen) atoms. The van der Waals surface area contributed by atoms with E-state index in [0.717, 1.165) is 12.8 Å². The molecule has 1 nitrogen and oxygen atoms in total. The molecule has 0 spiro atoms. The van der Waals surface area contributed by atoms with Crippen molar-refractivity contribution in [3.63, 3.8) is 0 Å². The zero-order valence-corrected chi connectivity index (χ0v) is 9.87. The van der Waals surface area contributed by atoms with E-state index in [4.69, 9.17) is 5.73 Å². The topological polar surface area (TPSA) is 26.0 Å². The molecule has 1 aromatic carbocycles. The van der Waals surface area contributed by atoms with Crippen LogP contribution in [0.3, 0.4) is 0 Å². The van der Waals surface area contributed by atoms with Crippen LogP contribution in [0.25, 0.3) is 0 Å². The molecule has 0 aliphatic carbocycles. The maximum atomic E-state index is 13.4. The molecule has 6 heteroatoms. The van der Waals surface area contributed by atoms with E-state index in [2.05, 4.69) is 0 Å². The molecule has 1 atom stereocenters. The monoisotopic (exact) mass is 267 g/mol. The average Bonchev–Trinajstić information content (AvgIpc) is 2.34. The molecule has 0 heterocycles. The van der Waals surface area contributed by atoms with E-state index in [1.54, 1.807) is 0 Å². The third kappa shape index (κ3) is 2.80. The molecule has 0 bridgehead atoms. The molecule has 102 valence electrons. The molecule has 0 fully saturated rings. The van der Waals surface area contributed by atoms with Gasteiger partial charge in [0.25, 0.3) is 0 Å². The van der Waals surface area contributed by atoms with Crippen LogP contribution in [0.15, 0.2) is 0 Å². The van der Waals surface area contributed by atoms with Crippen molar-refractivity contribution < 1.29 is 22.0 Å². The van der Waals surface area contributed by atoms with Gasteiger partial charge in [0.2, 0.25) is 5.82 Å². The zero-order valence-electron chi connectivity index (χ0n) is 9.87. The molecular weight excluding hydrogens is 253 g/mol. The van der Waals surface area contributed by atoms with Crippen molar-refractivity contribution in [1.82, 2.24) is 0 Å². The number of benzene rings is 1. The Labute approximate surface area is 102 Å². The fourth-order valence-corrected chi connectivity index (χ4v) is 1.71. The summed E-state index contributed by atoms with van der Waals surface area (Å²) >= 11 is 0. The molecule has 0 aliphatic rings. The highest BCUT2D eigenvalue weighted by Gasteiger charge is 2.28. The largest absolute Gasteiger partial charge is 0.324 e. The molecule has 0 saturated carbocycles. The first-order chi connectivity index (χ1) is 8.41. The van der Waals surface area contributed by atoms with E-state index in [0.29, 0.717) is 6.42 Å². The van der Waals surface area contributed by atoms with E-state index >= 15 is 0 Å². The van der Waals surface area contributed by atoms with Gasteiger partial charge in [-0.1, -0.05) is 26.2 Å². The fourth-order valence-electron chi connectivity index (χ4n) is 1.71. The van der Waals surface area contributed by atoms with E-state index in [-0.39, 0.29) is 6.42 Å². The summed E-state index contributed by atoms with van der Waals surface area (Å²) in [6.45, 7) is 1.92. The molecule has 0 radical (unpaired) electrons. The van der Waals surface area contributed by atoms with Crippen LogP contribution in [0.2, 0.25) is 0 Å². The minimum Gasteiger partial charge on any atom is -0.324 e. The van der Waals surface area contributed by atoms with E-state index in [1.165, 1.54) is 0 Å². The van der Waals surface area contributed by atoms with E-state index < -0.39 is 40.7 Å². The molecule has 0 saturated heterocycles. The van der Waals surface area contributed by atoms with Gasteiger partial charge < -0.3 is 5.73 Å². The summed E-state index contributed by atoms with van der Waals surface area (Å²) in [5.74, 6) is -9.73. The molecule has 0 aromatic heterocycles. The van der Waals surface area contributed by atoms with Crippen LogP contribution in [0.1, 0.15) is 44.2 Å². The van der Waals surface area contributed by atoms with Gasteiger partial charge in [0.1, 0.15) is 0 Å². The summed E-state index contributed by atoms with van der Waals surface area (Å²) in [6, 6.07) is -1.19. The Morgan fingerprint density at radius 3 is 1.72 bits per heavy atom. The highest BCUT2D eigenvalue weighted by Crippen LogP contribution is 2.28. The summed E-state index contributed by atoms with van der Waals surface area (Å²) in [5, 5.41) is 0. The van der Waals surface area contributed by atoms with Crippen molar-refractivity contribution in [1.29, 1.82) is 0 Å². The third-order valence-corrected chi connectivity index (χ3v) is 2.73. The number of hydrogen-bond acceptors (Lipinski definition) is 1. The zero-order chi connectivity index (χ0) is 13.9. The lowest BCUT2D eigenvalue weighted by molar-refractivity contribution is 0.361. The minimum absolute atomic E-state index is 0.173. The van der Waals surface area contributed by atoms with Crippen LogP contribution in [0.4, 0.5) is 22.0 Å². The second-order valence-electron chi connectivity index (χ2n) is 4.09. The molecular formula is C12H14F5N. The van der Waals surface area contributed by atoms with Gasteiger partial charge in [-0.2, -0.15) is 0 Å². The number of unbranched alkanes of at least 4 members (excludes halogenated alkanes) is 2. The maximum absolute atomic E-state index is 13.4. The van der Waals surface area contributed by atoms with Crippen molar-refractivity contribution in [2.75, 3.05) is 0 Å². The van der Waals surface area contributed by atoms with Gasteiger partial charge in [0, 0.05) is 11.6 Å². The lowest BCUT2D eigenvalue weighted by Gasteiger charge is -2.15. The molecule has 1 rings (SSSR count). The van der Waals surface area contributed by atoms with Crippen molar-refractivity contribution in [3.8, 4) is 0 Å². The standard InChI is InChI=1S/C12H14F5N/c1-2-3-4-5-6(18)7-8(13)10(15)12(17)11(16)9(7)14/h6H,2-5,18H2,1H3. The lowest BCUT2D eigenvalue weighted by Crippen LogP contribution is -2.18. The number of nitrogens with two attached hydrogens (primary N) is 1. The Kier molecular flexibility index (Phi) is 5.07. The van der Waals surface area contributed by atoms with Gasteiger partial charge >= 0.3 is 0 Å². The van der Waals surface area contributed by atoms with Crippen LogP contribution >= 0.6 is 0 Å². The number of hydrogen-bond donors (Lipinski definition) is 1. The van der Waals surface area contributed by atoms with Crippen LogP contribution in [-0.2, 0) is 0 Å². The fraction of sp³-hybridized carbons (Fsp3) is 0.500.